The second kappa shape index (κ2) is 5.64. The smallest absolute Gasteiger partial charge is 0.0704 e. The lowest BCUT2D eigenvalue weighted by Crippen LogP contribution is -2.33. The lowest BCUT2D eigenvalue weighted by atomic mass is 9.81. The summed E-state index contributed by atoms with van der Waals surface area (Å²) in [7, 11) is 0. The van der Waals surface area contributed by atoms with Crippen LogP contribution in [0.1, 0.15) is 57.0 Å². The second-order valence-electron chi connectivity index (χ2n) is 6.55. The van der Waals surface area contributed by atoms with Gasteiger partial charge in [-0.1, -0.05) is 27.7 Å². The summed E-state index contributed by atoms with van der Waals surface area (Å²) in [4.78, 5) is 1.58. The molecule has 1 aliphatic carbocycles. The van der Waals surface area contributed by atoms with Gasteiger partial charge in [0.2, 0.25) is 0 Å². The van der Waals surface area contributed by atoms with E-state index in [1.807, 2.05) is 11.3 Å². The van der Waals surface area contributed by atoms with E-state index in [9.17, 15) is 0 Å². The highest BCUT2D eigenvalue weighted by atomic mass is 79.9. The van der Waals surface area contributed by atoms with Crippen molar-refractivity contribution in [2.45, 2.75) is 53.0 Å². The fourth-order valence-corrected chi connectivity index (χ4v) is 4.18. The van der Waals surface area contributed by atoms with Crippen LogP contribution in [0.25, 0.3) is 0 Å². The molecule has 1 aliphatic rings. The Bertz CT molecular complexity index is 405. The Morgan fingerprint density at radius 2 is 2.22 bits per heavy atom. The predicted molar refractivity (Wildman–Crippen MR) is 84.3 cm³/mol. The van der Waals surface area contributed by atoms with Crippen molar-refractivity contribution in [3.05, 3.63) is 20.3 Å². The fraction of sp³-hybridized carbons (Fsp3) is 0.733. The zero-order chi connectivity index (χ0) is 13.3. The second-order valence-corrected chi connectivity index (χ2v) is 9.07. The van der Waals surface area contributed by atoms with Gasteiger partial charge in [-0.2, -0.15) is 0 Å². The Hall–Kier alpha value is 0.140. The van der Waals surface area contributed by atoms with E-state index < -0.39 is 0 Å². The first kappa shape index (κ1) is 14.5. The maximum atomic E-state index is 3.78. The summed E-state index contributed by atoms with van der Waals surface area (Å²) in [5.74, 6) is 0.699. The molecule has 102 valence electrons. The van der Waals surface area contributed by atoms with Crippen LogP contribution < -0.4 is 5.32 Å². The Kier molecular flexibility index (Phi) is 4.56. The SMILES string of the molecule is CC(CNC1CCCc2sc(Br)cc21)C(C)(C)C. The highest BCUT2D eigenvalue weighted by Gasteiger charge is 2.25. The molecule has 1 aromatic rings. The molecule has 1 aromatic heterocycles. The van der Waals surface area contributed by atoms with Crippen molar-refractivity contribution in [2.75, 3.05) is 6.54 Å². The summed E-state index contributed by atoms with van der Waals surface area (Å²) in [5.41, 5.74) is 1.93. The third-order valence-corrected chi connectivity index (χ3v) is 5.95. The number of hydrogen-bond acceptors (Lipinski definition) is 2. The van der Waals surface area contributed by atoms with Gasteiger partial charge in [0, 0.05) is 10.9 Å². The first-order valence-corrected chi connectivity index (χ1v) is 8.50. The van der Waals surface area contributed by atoms with Crippen molar-refractivity contribution in [1.82, 2.24) is 5.32 Å². The molecule has 1 heterocycles. The third kappa shape index (κ3) is 3.37. The molecule has 0 fully saturated rings. The minimum atomic E-state index is 0.389. The van der Waals surface area contributed by atoms with E-state index in [1.165, 1.54) is 23.0 Å². The molecule has 2 unspecified atom stereocenters. The van der Waals surface area contributed by atoms with Gasteiger partial charge in [-0.15, -0.1) is 11.3 Å². The average molecular weight is 330 g/mol. The monoisotopic (exact) mass is 329 g/mol. The van der Waals surface area contributed by atoms with Crippen LogP contribution in [0.15, 0.2) is 9.85 Å². The molecule has 0 aromatic carbocycles. The van der Waals surface area contributed by atoms with E-state index in [0.29, 0.717) is 17.4 Å². The number of nitrogens with one attached hydrogen (secondary N) is 1. The Morgan fingerprint density at radius 1 is 1.50 bits per heavy atom. The van der Waals surface area contributed by atoms with Crippen LogP contribution in [0.2, 0.25) is 0 Å². The van der Waals surface area contributed by atoms with Crippen LogP contribution >= 0.6 is 27.3 Å². The number of rotatable bonds is 3. The number of halogens is 1. The quantitative estimate of drug-likeness (QED) is 0.807. The molecule has 2 atom stereocenters. The van der Waals surface area contributed by atoms with Gasteiger partial charge in [0.25, 0.3) is 0 Å². The Morgan fingerprint density at radius 3 is 2.89 bits per heavy atom. The van der Waals surface area contributed by atoms with Gasteiger partial charge >= 0.3 is 0 Å². The van der Waals surface area contributed by atoms with Crippen LogP contribution in [0.3, 0.4) is 0 Å². The zero-order valence-electron chi connectivity index (χ0n) is 11.8. The number of aryl methyl sites for hydroxylation is 1. The molecule has 2 rings (SSSR count). The molecule has 0 saturated carbocycles. The van der Waals surface area contributed by atoms with Gasteiger partial charge in [-0.3, -0.25) is 0 Å². The summed E-state index contributed by atoms with van der Waals surface area (Å²) >= 11 is 5.53. The van der Waals surface area contributed by atoms with Gasteiger partial charge in [-0.25, -0.2) is 0 Å². The topological polar surface area (TPSA) is 12.0 Å². The lowest BCUT2D eigenvalue weighted by Gasteiger charge is -2.31. The molecular weight excluding hydrogens is 306 g/mol. The number of hydrogen-bond donors (Lipinski definition) is 1. The molecule has 0 amide bonds. The van der Waals surface area contributed by atoms with E-state index in [2.05, 4.69) is 55.0 Å². The highest BCUT2D eigenvalue weighted by Crippen LogP contribution is 2.38. The number of thiophene rings is 1. The molecular formula is C15H24BrNS. The molecule has 0 bridgehead atoms. The molecule has 1 nitrogen and oxygen atoms in total. The van der Waals surface area contributed by atoms with Crippen molar-refractivity contribution in [2.24, 2.45) is 11.3 Å². The molecule has 3 heteroatoms. The lowest BCUT2D eigenvalue weighted by molar-refractivity contribution is 0.242. The first-order valence-electron chi connectivity index (χ1n) is 6.89. The fourth-order valence-electron chi connectivity index (χ4n) is 2.36. The van der Waals surface area contributed by atoms with Crippen LogP contribution in [0, 0.1) is 11.3 Å². The summed E-state index contributed by atoms with van der Waals surface area (Å²) < 4.78 is 1.28. The molecule has 0 saturated heterocycles. The van der Waals surface area contributed by atoms with Crippen LogP contribution in [0.5, 0.6) is 0 Å². The first-order chi connectivity index (χ1) is 8.38. The summed E-state index contributed by atoms with van der Waals surface area (Å²) in [6.45, 7) is 10.4. The summed E-state index contributed by atoms with van der Waals surface area (Å²) in [6.07, 6.45) is 3.87. The van der Waals surface area contributed by atoms with E-state index in [-0.39, 0.29) is 0 Å². The minimum Gasteiger partial charge on any atom is -0.310 e. The average Bonchev–Trinajstić information content (AvgIpc) is 2.65. The maximum absolute atomic E-state index is 3.78. The van der Waals surface area contributed by atoms with E-state index in [4.69, 9.17) is 0 Å². The van der Waals surface area contributed by atoms with Gasteiger partial charge in [0.05, 0.1) is 3.79 Å². The van der Waals surface area contributed by atoms with Crippen molar-refractivity contribution in [3.8, 4) is 0 Å². The molecule has 0 radical (unpaired) electrons. The van der Waals surface area contributed by atoms with E-state index >= 15 is 0 Å². The van der Waals surface area contributed by atoms with Gasteiger partial charge < -0.3 is 5.32 Å². The van der Waals surface area contributed by atoms with Crippen LogP contribution in [-0.4, -0.2) is 6.54 Å². The Balaban J connectivity index is 1.99. The predicted octanol–water partition coefficient (Wildman–Crippen LogP) is 5.16. The molecule has 0 aliphatic heterocycles. The van der Waals surface area contributed by atoms with Gasteiger partial charge in [-0.05, 0) is 64.7 Å². The largest absolute Gasteiger partial charge is 0.310 e. The van der Waals surface area contributed by atoms with Crippen molar-refractivity contribution in [3.63, 3.8) is 0 Å². The third-order valence-electron chi connectivity index (χ3n) is 4.23. The molecule has 1 N–H and O–H groups in total. The number of fused-ring (bicyclic) bond motifs is 1. The highest BCUT2D eigenvalue weighted by molar-refractivity contribution is 9.11. The van der Waals surface area contributed by atoms with Crippen LogP contribution in [-0.2, 0) is 6.42 Å². The van der Waals surface area contributed by atoms with Gasteiger partial charge in [0.15, 0.2) is 0 Å². The molecule has 18 heavy (non-hydrogen) atoms. The molecule has 0 spiro atoms. The summed E-state index contributed by atoms with van der Waals surface area (Å²) in [5, 5.41) is 3.78. The zero-order valence-corrected chi connectivity index (χ0v) is 14.2. The van der Waals surface area contributed by atoms with Crippen molar-refractivity contribution >= 4 is 27.3 Å². The van der Waals surface area contributed by atoms with Gasteiger partial charge in [0.1, 0.15) is 0 Å². The van der Waals surface area contributed by atoms with E-state index in [0.717, 1.165) is 6.54 Å². The standard InChI is InChI=1S/C15H24BrNS/c1-10(15(2,3)4)9-17-12-6-5-7-13-11(12)8-14(16)18-13/h8,10,12,17H,5-7,9H2,1-4H3. The maximum Gasteiger partial charge on any atom is 0.0704 e. The summed E-state index contributed by atoms with van der Waals surface area (Å²) in [6, 6.07) is 2.89. The minimum absolute atomic E-state index is 0.389. The normalized spacial score (nSPS) is 21.7. The van der Waals surface area contributed by atoms with Crippen molar-refractivity contribution < 1.29 is 0 Å². The van der Waals surface area contributed by atoms with Crippen molar-refractivity contribution in [1.29, 1.82) is 0 Å². The Labute approximate surface area is 123 Å². The van der Waals surface area contributed by atoms with E-state index in [1.54, 1.807) is 10.4 Å². The van der Waals surface area contributed by atoms with Crippen LogP contribution in [0.4, 0.5) is 0 Å².